The summed E-state index contributed by atoms with van der Waals surface area (Å²) in [5.74, 6) is 0.0951. The average Bonchev–Trinajstić information content (AvgIpc) is 2.74. The Hall–Kier alpha value is -2.06. The molecular formula is C20H20Cl2N2O4S. The summed E-state index contributed by atoms with van der Waals surface area (Å²) in [5.41, 5.74) is 0.807. The molecule has 1 amide bonds. The first-order valence-corrected chi connectivity index (χ1v) is 11.2. The molecule has 0 radical (unpaired) electrons. The van der Waals surface area contributed by atoms with Gasteiger partial charge in [0.25, 0.3) is 5.91 Å². The highest BCUT2D eigenvalue weighted by Gasteiger charge is 2.27. The Morgan fingerprint density at radius 3 is 2.38 bits per heavy atom. The molecule has 0 N–H and O–H groups in total. The van der Waals surface area contributed by atoms with Gasteiger partial charge >= 0.3 is 0 Å². The number of sulfonamides is 1. The molecule has 0 spiro atoms. The van der Waals surface area contributed by atoms with Crippen molar-refractivity contribution in [1.29, 1.82) is 0 Å². The van der Waals surface area contributed by atoms with E-state index in [0.29, 0.717) is 23.9 Å². The molecule has 154 valence electrons. The van der Waals surface area contributed by atoms with Gasteiger partial charge in [-0.1, -0.05) is 59.6 Å². The fourth-order valence-electron chi connectivity index (χ4n) is 2.83. The molecule has 29 heavy (non-hydrogen) atoms. The molecule has 1 aliphatic heterocycles. The van der Waals surface area contributed by atoms with Crippen LogP contribution in [0.15, 0.2) is 53.9 Å². The van der Waals surface area contributed by atoms with Crippen LogP contribution < -0.4 is 4.74 Å². The number of nitrogens with zero attached hydrogens (tertiary/aromatic N) is 2. The van der Waals surface area contributed by atoms with Crippen molar-refractivity contribution in [1.82, 2.24) is 9.21 Å². The third kappa shape index (κ3) is 5.73. The maximum Gasteiger partial charge on any atom is 0.260 e. The topological polar surface area (TPSA) is 66.9 Å². The van der Waals surface area contributed by atoms with E-state index in [0.717, 1.165) is 5.56 Å². The summed E-state index contributed by atoms with van der Waals surface area (Å²) in [5, 5.41) is 1.80. The maximum atomic E-state index is 12.5. The van der Waals surface area contributed by atoms with Crippen LogP contribution in [-0.2, 0) is 14.8 Å². The molecule has 9 heteroatoms. The number of amides is 1. The van der Waals surface area contributed by atoms with E-state index >= 15 is 0 Å². The lowest BCUT2D eigenvalue weighted by Gasteiger charge is -2.33. The summed E-state index contributed by atoms with van der Waals surface area (Å²) >= 11 is 12.0. The number of carbonyl (C=O) groups is 1. The molecule has 0 atom stereocenters. The van der Waals surface area contributed by atoms with Crippen LogP contribution in [0.1, 0.15) is 5.56 Å². The number of hydrogen-bond donors (Lipinski definition) is 0. The molecule has 1 fully saturated rings. The largest absolute Gasteiger partial charge is 0.482 e. The van der Waals surface area contributed by atoms with E-state index < -0.39 is 10.0 Å². The number of halogens is 2. The second-order valence-corrected chi connectivity index (χ2v) is 8.98. The second-order valence-electron chi connectivity index (χ2n) is 6.38. The summed E-state index contributed by atoms with van der Waals surface area (Å²) in [6.07, 6.45) is 1.56. The zero-order chi connectivity index (χ0) is 20.9. The van der Waals surface area contributed by atoms with Gasteiger partial charge in [0.1, 0.15) is 10.8 Å². The normalized spacial score (nSPS) is 15.6. The molecule has 0 unspecified atom stereocenters. The van der Waals surface area contributed by atoms with E-state index in [-0.39, 0.29) is 30.6 Å². The van der Waals surface area contributed by atoms with Gasteiger partial charge in [-0.05, 0) is 23.8 Å². The van der Waals surface area contributed by atoms with Crippen molar-refractivity contribution < 1.29 is 17.9 Å². The van der Waals surface area contributed by atoms with Gasteiger partial charge in [0, 0.05) is 31.6 Å². The van der Waals surface area contributed by atoms with Crippen LogP contribution in [0.2, 0.25) is 10.0 Å². The number of rotatable bonds is 6. The van der Waals surface area contributed by atoms with Crippen LogP contribution in [-0.4, -0.2) is 56.3 Å². The summed E-state index contributed by atoms with van der Waals surface area (Å²) in [6.45, 7) is 0.852. The number of ether oxygens (including phenoxy) is 1. The number of hydrogen-bond acceptors (Lipinski definition) is 4. The van der Waals surface area contributed by atoms with Gasteiger partial charge in [-0.15, -0.1) is 0 Å². The van der Waals surface area contributed by atoms with Crippen molar-refractivity contribution in [3.63, 3.8) is 0 Å². The van der Waals surface area contributed by atoms with Crippen molar-refractivity contribution >= 4 is 45.2 Å². The first kappa shape index (κ1) is 21.6. The molecule has 2 aromatic rings. The Balaban J connectivity index is 1.52. The highest BCUT2D eigenvalue weighted by Crippen LogP contribution is 2.31. The molecule has 0 bridgehead atoms. The van der Waals surface area contributed by atoms with Gasteiger partial charge in [-0.25, -0.2) is 8.42 Å². The zero-order valence-corrected chi connectivity index (χ0v) is 17.8. The predicted octanol–water partition coefficient (Wildman–Crippen LogP) is 3.52. The van der Waals surface area contributed by atoms with Gasteiger partial charge in [0.2, 0.25) is 10.0 Å². The number of benzene rings is 2. The van der Waals surface area contributed by atoms with Gasteiger partial charge in [0.15, 0.2) is 6.61 Å². The van der Waals surface area contributed by atoms with Crippen LogP contribution in [0.4, 0.5) is 0 Å². The molecule has 2 aromatic carbocycles. The molecule has 0 saturated carbocycles. The summed E-state index contributed by atoms with van der Waals surface area (Å²) < 4.78 is 31.8. The lowest BCUT2D eigenvalue weighted by Crippen LogP contribution is -2.51. The van der Waals surface area contributed by atoms with Crippen LogP contribution in [0.5, 0.6) is 5.75 Å². The summed E-state index contributed by atoms with van der Waals surface area (Å²) in [6, 6.07) is 14.1. The third-order valence-electron chi connectivity index (χ3n) is 4.45. The van der Waals surface area contributed by atoms with E-state index in [1.54, 1.807) is 29.2 Å². The predicted molar refractivity (Wildman–Crippen MR) is 115 cm³/mol. The Bertz CT molecular complexity index is 989. The maximum absolute atomic E-state index is 12.5. The van der Waals surface area contributed by atoms with Crippen molar-refractivity contribution in [2.24, 2.45) is 0 Å². The summed E-state index contributed by atoms with van der Waals surface area (Å²) in [4.78, 5) is 14.0. The van der Waals surface area contributed by atoms with Crippen molar-refractivity contribution in [3.05, 3.63) is 69.5 Å². The molecular weight excluding hydrogens is 435 g/mol. The fourth-order valence-corrected chi connectivity index (χ4v) is 4.35. The van der Waals surface area contributed by atoms with Crippen molar-refractivity contribution in [2.45, 2.75) is 0 Å². The van der Waals surface area contributed by atoms with Gasteiger partial charge < -0.3 is 9.64 Å². The Morgan fingerprint density at radius 2 is 1.69 bits per heavy atom. The molecule has 0 aliphatic carbocycles. The molecule has 1 aliphatic rings. The molecule has 6 nitrogen and oxygen atoms in total. The number of carbonyl (C=O) groups excluding carboxylic acids is 1. The fraction of sp³-hybridized carbons (Fsp3) is 0.250. The first-order chi connectivity index (χ1) is 13.9. The van der Waals surface area contributed by atoms with Crippen LogP contribution in [0, 0.1) is 0 Å². The van der Waals surface area contributed by atoms with E-state index in [9.17, 15) is 13.2 Å². The highest BCUT2D eigenvalue weighted by molar-refractivity contribution is 7.92. The van der Waals surface area contributed by atoms with Crippen LogP contribution in [0.25, 0.3) is 6.08 Å². The van der Waals surface area contributed by atoms with E-state index in [1.807, 2.05) is 30.3 Å². The molecule has 0 aromatic heterocycles. The average molecular weight is 455 g/mol. The SMILES string of the molecule is O=C(COc1cccc(Cl)c1Cl)N1CCN(S(=O)(=O)/C=C/c2ccccc2)CC1. The Kier molecular flexibility index (Phi) is 7.18. The number of piperazine rings is 1. The lowest BCUT2D eigenvalue weighted by atomic mass is 10.2. The van der Waals surface area contributed by atoms with Gasteiger partial charge in [-0.3, -0.25) is 4.79 Å². The quantitative estimate of drug-likeness (QED) is 0.669. The van der Waals surface area contributed by atoms with Gasteiger partial charge in [-0.2, -0.15) is 4.31 Å². The monoisotopic (exact) mass is 454 g/mol. The van der Waals surface area contributed by atoms with Crippen molar-refractivity contribution in [2.75, 3.05) is 32.8 Å². The van der Waals surface area contributed by atoms with Crippen LogP contribution >= 0.6 is 23.2 Å². The first-order valence-electron chi connectivity index (χ1n) is 8.95. The van der Waals surface area contributed by atoms with Gasteiger partial charge in [0.05, 0.1) is 5.02 Å². The Morgan fingerprint density at radius 1 is 1.00 bits per heavy atom. The van der Waals surface area contributed by atoms with E-state index in [1.165, 1.54) is 9.71 Å². The third-order valence-corrected chi connectivity index (χ3v) is 6.82. The smallest absolute Gasteiger partial charge is 0.260 e. The second kappa shape index (κ2) is 9.63. The summed E-state index contributed by atoms with van der Waals surface area (Å²) in [7, 11) is -3.54. The lowest BCUT2D eigenvalue weighted by molar-refractivity contribution is -0.134. The minimum atomic E-state index is -3.54. The zero-order valence-electron chi connectivity index (χ0n) is 15.5. The highest BCUT2D eigenvalue weighted by atomic mass is 35.5. The molecule has 3 rings (SSSR count). The minimum absolute atomic E-state index is 0.194. The van der Waals surface area contributed by atoms with Crippen molar-refractivity contribution in [3.8, 4) is 5.75 Å². The Labute approximate surface area is 180 Å². The standard InChI is InChI=1S/C20H20Cl2N2O4S/c21-17-7-4-8-18(20(17)22)28-15-19(25)23-10-12-24(13-11-23)29(26,27)14-9-16-5-2-1-3-6-16/h1-9,14H,10-13,15H2/b14-9+. The molecule has 1 saturated heterocycles. The van der Waals surface area contributed by atoms with E-state index in [4.69, 9.17) is 27.9 Å². The molecule has 1 heterocycles. The van der Waals surface area contributed by atoms with Crippen LogP contribution in [0.3, 0.4) is 0 Å². The minimum Gasteiger partial charge on any atom is -0.482 e. The van der Waals surface area contributed by atoms with E-state index in [2.05, 4.69) is 0 Å².